The predicted octanol–water partition coefficient (Wildman–Crippen LogP) is 1.19. The number of aliphatic carboxylic acids is 1. The quantitative estimate of drug-likeness (QED) is 0.718. The summed E-state index contributed by atoms with van der Waals surface area (Å²) in [7, 11) is 0. The Bertz CT molecular complexity index is 212. The average molecular weight is 229 g/mol. The van der Waals surface area contributed by atoms with E-state index < -0.39 is 5.97 Å². The third-order valence-corrected chi connectivity index (χ3v) is 3.36. The van der Waals surface area contributed by atoms with E-state index in [-0.39, 0.29) is 6.61 Å². The highest BCUT2D eigenvalue weighted by Crippen LogP contribution is 2.22. The minimum absolute atomic E-state index is 0.249. The predicted molar refractivity (Wildman–Crippen MR) is 62.3 cm³/mol. The van der Waals surface area contributed by atoms with Gasteiger partial charge in [-0.15, -0.1) is 0 Å². The van der Waals surface area contributed by atoms with E-state index in [1.807, 2.05) is 0 Å². The molecule has 1 aliphatic heterocycles. The van der Waals surface area contributed by atoms with E-state index in [0.29, 0.717) is 18.3 Å². The Labute approximate surface area is 97.3 Å². The van der Waals surface area contributed by atoms with Crippen LogP contribution in [0.25, 0.3) is 0 Å². The van der Waals surface area contributed by atoms with Gasteiger partial charge in [0.25, 0.3) is 0 Å². The number of piperidine rings is 1. The minimum atomic E-state index is -0.684. The zero-order valence-corrected chi connectivity index (χ0v) is 10.1. The van der Waals surface area contributed by atoms with Crippen molar-refractivity contribution in [1.82, 2.24) is 4.90 Å². The molecule has 0 amide bonds. The first-order chi connectivity index (χ1) is 7.61. The number of likely N-dealkylation sites (tertiary alicyclic amines) is 1. The van der Waals surface area contributed by atoms with Gasteiger partial charge >= 0.3 is 5.97 Å². The number of aliphatic hydroxyl groups is 1. The maximum atomic E-state index is 10.5. The lowest BCUT2D eigenvalue weighted by atomic mass is 9.92. The molecular formula is C12H23NO3. The van der Waals surface area contributed by atoms with Crippen LogP contribution in [0, 0.1) is 11.8 Å². The molecule has 16 heavy (non-hydrogen) atoms. The maximum Gasteiger partial charge on any atom is 0.303 e. The van der Waals surface area contributed by atoms with Gasteiger partial charge in [-0.25, -0.2) is 0 Å². The molecule has 0 bridgehead atoms. The molecule has 0 radical (unpaired) electrons. The molecular weight excluding hydrogens is 206 g/mol. The van der Waals surface area contributed by atoms with Crippen LogP contribution < -0.4 is 0 Å². The van der Waals surface area contributed by atoms with Gasteiger partial charge in [-0.05, 0) is 44.2 Å². The van der Waals surface area contributed by atoms with Gasteiger partial charge in [-0.1, -0.05) is 6.92 Å². The number of carboxylic acid groups (broad SMARTS) is 1. The Morgan fingerprint density at radius 2 is 2.06 bits per heavy atom. The zero-order chi connectivity index (χ0) is 12.0. The number of carboxylic acids is 1. The molecule has 0 saturated carbocycles. The smallest absolute Gasteiger partial charge is 0.303 e. The molecule has 2 N–H and O–H groups in total. The fourth-order valence-electron chi connectivity index (χ4n) is 2.28. The fourth-order valence-corrected chi connectivity index (χ4v) is 2.28. The van der Waals surface area contributed by atoms with Gasteiger partial charge in [0.2, 0.25) is 0 Å². The van der Waals surface area contributed by atoms with Crippen LogP contribution in [-0.2, 0) is 4.79 Å². The van der Waals surface area contributed by atoms with Crippen LogP contribution in [0.3, 0.4) is 0 Å². The molecule has 4 nitrogen and oxygen atoms in total. The third kappa shape index (κ3) is 4.94. The van der Waals surface area contributed by atoms with Crippen molar-refractivity contribution in [2.24, 2.45) is 11.8 Å². The second-order valence-electron chi connectivity index (χ2n) is 4.96. The second-order valence-corrected chi connectivity index (χ2v) is 4.96. The van der Waals surface area contributed by atoms with Crippen LogP contribution in [0.2, 0.25) is 0 Å². The lowest BCUT2D eigenvalue weighted by molar-refractivity contribution is -0.137. The fraction of sp³-hybridized carbons (Fsp3) is 0.917. The van der Waals surface area contributed by atoms with Gasteiger partial charge in [0.15, 0.2) is 0 Å². The molecule has 0 aromatic rings. The van der Waals surface area contributed by atoms with Crippen molar-refractivity contribution in [3.63, 3.8) is 0 Å². The maximum absolute atomic E-state index is 10.5. The number of aliphatic hydroxyl groups excluding tert-OH is 1. The number of carbonyl (C=O) groups is 1. The van der Waals surface area contributed by atoms with Gasteiger partial charge in [-0.2, -0.15) is 0 Å². The van der Waals surface area contributed by atoms with Gasteiger partial charge in [0.1, 0.15) is 0 Å². The average Bonchev–Trinajstić information content (AvgIpc) is 2.28. The molecule has 94 valence electrons. The highest BCUT2D eigenvalue weighted by atomic mass is 16.4. The second kappa shape index (κ2) is 6.86. The standard InChI is InChI=1S/C12H23NO3/c1-10(9-14)8-13-6-4-11(5-7-13)2-3-12(15)16/h10-11,14H,2-9H2,1H3,(H,15,16). The summed E-state index contributed by atoms with van der Waals surface area (Å²) in [5.41, 5.74) is 0. The lowest BCUT2D eigenvalue weighted by Gasteiger charge is -2.33. The van der Waals surface area contributed by atoms with Crippen molar-refractivity contribution >= 4 is 5.97 Å². The molecule has 1 heterocycles. The van der Waals surface area contributed by atoms with Crippen LogP contribution in [0.15, 0.2) is 0 Å². The van der Waals surface area contributed by atoms with Gasteiger partial charge in [0.05, 0.1) is 0 Å². The molecule has 0 aromatic heterocycles. The summed E-state index contributed by atoms with van der Waals surface area (Å²) in [6, 6.07) is 0. The highest BCUT2D eigenvalue weighted by molar-refractivity contribution is 5.66. The Kier molecular flexibility index (Phi) is 5.77. The van der Waals surface area contributed by atoms with E-state index in [1.54, 1.807) is 0 Å². The summed E-state index contributed by atoms with van der Waals surface area (Å²) in [6.07, 6.45) is 3.33. The largest absolute Gasteiger partial charge is 0.481 e. The molecule has 0 aromatic carbocycles. The summed E-state index contributed by atoms with van der Waals surface area (Å²) < 4.78 is 0. The summed E-state index contributed by atoms with van der Waals surface area (Å²) >= 11 is 0. The van der Waals surface area contributed by atoms with Crippen LogP contribution in [0.5, 0.6) is 0 Å². The van der Waals surface area contributed by atoms with Crippen molar-refractivity contribution in [2.45, 2.75) is 32.6 Å². The lowest BCUT2D eigenvalue weighted by Crippen LogP contribution is -2.37. The Balaban J connectivity index is 2.15. The van der Waals surface area contributed by atoms with Gasteiger partial charge in [0, 0.05) is 19.6 Å². The summed E-state index contributed by atoms with van der Waals surface area (Å²) in [6.45, 7) is 5.36. The Morgan fingerprint density at radius 3 is 2.56 bits per heavy atom. The van der Waals surface area contributed by atoms with E-state index in [9.17, 15) is 4.79 Å². The van der Waals surface area contributed by atoms with Crippen molar-refractivity contribution in [2.75, 3.05) is 26.2 Å². The van der Waals surface area contributed by atoms with E-state index in [1.165, 1.54) is 0 Å². The third-order valence-electron chi connectivity index (χ3n) is 3.36. The number of nitrogens with zero attached hydrogens (tertiary/aromatic N) is 1. The van der Waals surface area contributed by atoms with Crippen LogP contribution >= 0.6 is 0 Å². The van der Waals surface area contributed by atoms with Crippen molar-refractivity contribution < 1.29 is 15.0 Å². The van der Waals surface area contributed by atoms with Crippen molar-refractivity contribution in [1.29, 1.82) is 0 Å². The topological polar surface area (TPSA) is 60.8 Å². The minimum Gasteiger partial charge on any atom is -0.481 e. The monoisotopic (exact) mass is 229 g/mol. The summed E-state index contributed by atoms with van der Waals surface area (Å²) in [4.78, 5) is 12.8. The van der Waals surface area contributed by atoms with Crippen LogP contribution in [-0.4, -0.2) is 47.3 Å². The van der Waals surface area contributed by atoms with E-state index in [2.05, 4.69) is 11.8 Å². The van der Waals surface area contributed by atoms with Crippen LogP contribution in [0.1, 0.15) is 32.6 Å². The Hall–Kier alpha value is -0.610. The SMILES string of the molecule is CC(CO)CN1CCC(CCC(=O)O)CC1. The van der Waals surface area contributed by atoms with Gasteiger partial charge in [-0.3, -0.25) is 4.79 Å². The molecule has 4 heteroatoms. The van der Waals surface area contributed by atoms with E-state index >= 15 is 0 Å². The first kappa shape index (κ1) is 13.5. The normalized spacial score (nSPS) is 20.9. The van der Waals surface area contributed by atoms with Crippen molar-refractivity contribution in [3.8, 4) is 0 Å². The molecule has 1 aliphatic rings. The molecule has 0 spiro atoms. The van der Waals surface area contributed by atoms with Crippen molar-refractivity contribution in [3.05, 3.63) is 0 Å². The summed E-state index contributed by atoms with van der Waals surface area (Å²) in [5.74, 6) is 0.240. The van der Waals surface area contributed by atoms with Crippen LogP contribution in [0.4, 0.5) is 0 Å². The highest BCUT2D eigenvalue weighted by Gasteiger charge is 2.20. The van der Waals surface area contributed by atoms with Gasteiger partial charge < -0.3 is 15.1 Å². The Morgan fingerprint density at radius 1 is 1.44 bits per heavy atom. The van der Waals surface area contributed by atoms with E-state index in [4.69, 9.17) is 10.2 Å². The summed E-state index contributed by atoms with van der Waals surface area (Å²) in [5, 5.41) is 17.6. The molecule has 1 atom stereocenters. The first-order valence-corrected chi connectivity index (χ1v) is 6.16. The molecule has 1 unspecified atom stereocenters. The number of hydrogen-bond acceptors (Lipinski definition) is 3. The number of rotatable bonds is 6. The molecule has 1 rings (SSSR count). The van der Waals surface area contributed by atoms with E-state index in [0.717, 1.165) is 38.9 Å². The first-order valence-electron chi connectivity index (χ1n) is 6.16. The molecule has 1 saturated heterocycles. The molecule has 0 aliphatic carbocycles. The zero-order valence-electron chi connectivity index (χ0n) is 10.1. The number of hydrogen-bond donors (Lipinski definition) is 2. The molecule has 1 fully saturated rings.